The molecule has 1 aromatic heterocycles. The molecule has 2 atom stereocenters. The Morgan fingerprint density at radius 1 is 1.21 bits per heavy atom. The Labute approximate surface area is 180 Å². The fraction of sp³-hybridized carbons (Fsp3) is 0.478. The summed E-state index contributed by atoms with van der Waals surface area (Å²) in [7, 11) is 0. The normalized spacial score (nSPS) is 19.2. The van der Waals surface area contributed by atoms with Gasteiger partial charge >= 0.3 is 0 Å². The van der Waals surface area contributed by atoms with Gasteiger partial charge in [-0.05, 0) is 55.4 Å². The molecule has 0 spiro atoms. The van der Waals surface area contributed by atoms with Crippen LogP contribution in [0.4, 0.5) is 0 Å². The van der Waals surface area contributed by atoms with E-state index < -0.39 is 0 Å². The number of benzene rings is 1. The highest BCUT2D eigenvalue weighted by Gasteiger charge is 2.24. The summed E-state index contributed by atoms with van der Waals surface area (Å²) >= 11 is 9.77. The predicted molar refractivity (Wildman–Crippen MR) is 119 cm³/mol. The largest absolute Gasteiger partial charge is 0.339 e. The van der Waals surface area contributed by atoms with Gasteiger partial charge in [0, 0.05) is 28.9 Å². The molecule has 28 heavy (non-hydrogen) atoms. The zero-order valence-corrected chi connectivity index (χ0v) is 18.5. The highest BCUT2D eigenvalue weighted by molar-refractivity contribution is 9.10. The summed E-state index contributed by atoms with van der Waals surface area (Å²) < 4.78 is 2.93. The SMILES string of the molecule is C=CC(=O)CCC1CCC(CCCC(=O)Cn2cc(Cl)c3cc(Br)ccc32)C1. The van der Waals surface area contributed by atoms with Crippen LogP contribution in [0.15, 0.2) is 41.5 Å². The third-order valence-electron chi connectivity index (χ3n) is 5.89. The molecule has 0 N–H and O–H groups in total. The van der Waals surface area contributed by atoms with Gasteiger partial charge in [-0.1, -0.05) is 53.4 Å². The molecule has 0 aliphatic heterocycles. The number of rotatable bonds is 10. The van der Waals surface area contributed by atoms with Crippen LogP contribution >= 0.6 is 27.5 Å². The van der Waals surface area contributed by atoms with Crippen molar-refractivity contribution in [3.8, 4) is 0 Å². The summed E-state index contributed by atoms with van der Waals surface area (Å²) in [5, 5.41) is 1.65. The Bertz CT molecular complexity index is 873. The van der Waals surface area contributed by atoms with E-state index in [1.54, 1.807) is 0 Å². The van der Waals surface area contributed by atoms with Crippen molar-refractivity contribution in [2.24, 2.45) is 11.8 Å². The second-order valence-corrected chi connectivity index (χ2v) is 9.27. The zero-order valence-electron chi connectivity index (χ0n) is 16.1. The molecule has 0 radical (unpaired) electrons. The topological polar surface area (TPSA) is 39.1 Å². The molecule has 0 saturated heterocycles. The molecule has 2 unspecified atom stereocenters. The van der Waals surface area contributed by atoms with Crippen LogP contribution in [-0.4, -0.2) is 16.1 Å². The number of fused-ring (bicyclic) bond motifs is 1. The fourth-order valence-corrected chi connectivity index (χ4v) is 5.00. The Hall–Kier alpha value is -1.39. The minimum Gasteiger partial charge on any atom is -0.339 e. The molecule has 3 rings (SSSR count). The van der Waals surface area contributed by atoms with Crippen LogP contribution in [0.1, 0.15) is 51.4 Å². The van der Waals surface area contributed by atoms with E-state index in [9.17, 15) is 9.59 Å². The first-order valence-corrected chi connectivity index (χ1v) is 11.2. The minimum absolute atomic E-state index is 0.152. The van der Waals surface area contributed by atoms with Crippen molar-refractivity contribution < 1.29 is 9.59 Å². The number of ketones is 2. The number of carbonyl (C=O) groups is 2. The molecule has 2 aromatic rings. The average Bonchev–Trinajstić information content (AvgIpc) is 3.24. The Morgan fingerprint density at radius 3 is 2.71 bits per heavy atom. The summed E-state index contributed by atoms with van der Waals surface area (Å²) in [6.07, 6.45) is 11.2. The summed E-state index contributed by atoms with van der Waals surface area (Å²) in [6.45, 7) is 3.91. The lowest BCUT2D eigenvalue weighted by atomic mass is 9.95. The Kier molecular flexibility index (Phi) is 7.53. The van der Waals surface area contributed by atoms with Gasteiger partial charge in [0.1, 0.15) is 0 Å². The maximum Gasteiger partial charge on any atom is 0.155 e. The summed E-state index contributed by atoms with van der Waals surface area (Å²) in [5.74, 6) is 1.77. The number of halogens is 2. The average molecular weight is 465 g/mol. The molecule has 150 valence electrons. The number of hydrogen-bond acceptors (Lipinski definition) is 2. The number of carbonyl (C=O) groups excluding carboxylic acids is 2. The number of nitrogens with zero attached hydrogens (tertiary/aromatic N) is 1. The number of allylic oxidation sites excluding steroid dienone is 1. The maximum atomic E-state index is 12.5. The molecule has 1 fully saturated rings. The van der Waals surface area contributed by atoms with Crippen molar-refractivity contribution in [2.75, 3.05) is 0 Å². The highest BCUT2D eigenvalue weighted by atomic mass is 79.9. The quantitative estimate of drug-likeness (QED) is 0.365. The second-order valence-electron chi connectivity index (χ2n) is 7.95. The number of Topliss-reactive ketones (excluding diaryl/α,β-unsaturated/α-hetero) is 1. The third-order valence-corrected chi connectivity index (χ3v) is 6.68. The molecule has 5 heteroatoms. The molecular weight excluding hydrogens is 438 g/mol. The van der Waals surface area contributed by atoms with E-state index in [-0.39, 0.29) is 11.6 Å². The van der Waals surface area contributed by atoms with Crippen LogP contribution in [0, 0.1) is 11.8 Å². The van der Waals surface area contributed by atoms with Gasteiger partial charge in [-0.25, -0.2) is 0 Å². The lowest BCUT2D eigenvalue weighted by Gasteiger charge is -2.11. The van der Waals surface area contributed by atoms with Crippen LogP contribution in [0.5, 0.6) is 0 Å². The third kappa shape index (κ3) is 5.57. The fourth-order valence-electron chi connectivity index (χ4n) is 4.37. The summed E-state index contributed by atoms with van der Waals surface area (Å²) in [5.41, 5.74) is 0.995. The van der Waals surface area contributed by atoms with Crippen LogP contribution in [0.3, 0.4) is 0 Å². The van der Waals surface area contributed by atoms with E-state index in [4.69, 9.17) is 11.6 Å². The summed E-state index contributed by atoms with van der Waals surface area (Å²) in [6, 6.07) is 5.95. The van der Waals surface area contributed by atoms with Crippen molar-refractivity contribution in [3.05, 3.63) is 46.5 Å². The van der Waals surface area contributed by atoms with Gasteiger partial charge < -0.3 is 4.57 Å². The van der Waals surface area contributed by atoms with Crippen molar-refractivity contribution in [2.45, 2.75) is 57.9 Å². The number of aromatic nitrogens is 1. The van der Waals surface area contributed by atoms with Gasteiger partial charge in [-0.3, -0.25) is 9.59 Å². The lowest BCUT2D eigenvalue weighted by molar-refractivity contribution is -0.119. The van der Waals surface area contributed by atoms with Gasteiger partial charge in [0.05, 0.1) is 17.1 Å². The molecule has 1 aliphatic carbocycles. The lowest BCUT2D eigenvalue weighted by Crippen LogP contribution is -2.09. The monoisotopic (exact) mass is 463 g/mol. The van der Waals surface area contributed by atoms with E-state index >= 15 is 0 Å². The van der Waals surface area contributed by atoms with E-state index in [1.807, 2.05) is 29.0 Å². The summed E-state index contributed by atoms with van der Waals surface area (Å²) in [4.78, 5) is 23.8. The predicted octanol–water partition coefficient (Wildman–Crippen LogP) is 6.75. The van der Waals surface area contributed by atoms with Crippen LogP contribution in [-0.2, 0) is 16.1 Å². The maximum absolute atomic E-state index is 12.5. The second kappa shape index (κ2) is 9.89. The smallest absolute Gasteiger partial charge is 0.155 e. The van der Waals surface area contributed by atoms with Crippen molar-refractivity contribution in [1.29, 1.82) is 0 Å². The molecule has 0 bridgehead atoms. The van der Waals surface area contributed by atoms with Gasteiger partial charge in [0.2, 0.25) is 0 Å². The van der Waals surface area contributed by atoms with Crippen LogP contribution < -0.4 is 0 Å². The molecule has 3 nitrogen and oxygen atoms in total. The minimum atomic E-state index is 0.152. The molecular formula is C23H27BrClNO2. The van der Waals surface area contributed by atoms with Crippen LogP contribution in [0.25, 0.3) is 10.9 Å². The van der Waals surface area contributed by atoms with Crippen molar-refractivity contribution >= 4 is 50.0 Å². The van der Waals surface area contributed by atoms with E-state index in [0.717, 1.165) is 34.6 Å². The van der Waals surface area contributed by atoms with Crippen molar-refractivity contribution in [3.63, 3.8) is 0 Å². The molecule has 1 aromatic carbocycles. The van der Waals surface area contributed by atoms with Gasteiger partial charge in [-0.15, -0.1) is 0 Å². The molecule has 0 amide bonds. The Morgan fingerprint density at radius 2 is 1.96 bits per heavy atom. The number of hydrogen-bond donors (Lipinski definition) is 0. The molecule has 1 aliphatic rings. The van der Waals surface area contributed by atoms with E-state index in [1.165, 1.54) is 25.3 Å². The van der Waals surface area contributed by atoms with Gasteiger partial charge in [-0.2, -0.15) is 0 Å². The van der Waals surface area contributed by atoms with Crippen LogP contribution in [0.2, 0.25) is 5.02 Å². The molecule has 1 saturated carbocycles. The van der Waals surface area contributed by atoms with Crippen molar-refractivity contribution in [1.82, 2.24) is 4.57 Å². The highest BCUT2D eigenvalue weighted by Crippen LogP contribution is 2.36. The van der Waals surface area contributed by atoms with E-state index in [2.05, 4.69) is 22.5 Å². The van der Waals surface area contributed by atoms with Gasteiger partial charge in [0.25, 0.3) is 0 Å². The standard InChI is InChI=1S/C23H27BrClNO2/c1-2-19(27)10-8-17-7-6-16(12-17)4-3-5-20(28)14-26-15-22(25)21-13-18(24)9-11-23(21)26/h2,9,11,13,15-17H,1,3-8,10,12,14H2. The Balaban J connectivity index is 1.42. The zero-order chi connectivity index (χ0) is 20.1. The molecule has 1 heterocycles. The van der Waals surface area contributed by atoms with Gasteiger partial charge in [0.15, 0.2) is 11.6 Å². The first-order valence-electron chi connectivity index (χ1n) is 10.1. The van der Waals surface area contributed by atoms with E-state index in [0.29, 0.717) is 36.2 Å². The first-order chi connectivity index (χ1) is 13.5. The first kappa shape index (κ1) is 21.3.